The van der Waals surface area contributed by atoms with Crippen molar-refractivity contribution in [1.29, 1.82) is 0 Å². The molecule has 1 aromatic heterocycles. The predicted octanol–water partition coefficient (Wildman–Crippen LogP) is 2.27. The fourth-order valence-corrected chi connectivity index (χ4v) is 3.83. The highest BCUT2D eigenvalue weighted by atomic mass is 79.9. The van der Waals surface area contributed by atoms with Crippen molar-refractivity contribution >= 4 is 15.9 Å². The first-order valence-corrected chi connectivity index (χ1v) is 8.39. The zero-order chi connectivity index (χ0) is 15.7. The molecule has 0 aromatic carbocycles. The van der Waals surface area contributed by atoms with Gasteiger partial charge in [-0.1, -0.05) is 6.92 Å². The van der Waals surface area contributed by atoms with Crippen molar-refractivity contribution in [1.82, 2.24) is 14.7 Å². The van der Waals surface area contributed by atoms with E-state index in [1.807, 2.05) is 10.9 Å². The van der Waals surface area contributed by atoms with Crippen LogP contribution in [0, 0.1) is 11.8 Å². The summed E-state index contributed by atoms with van der Waals surface area (Å²) < 4.78 is 8.97. The van der Waals surface area contributed by atoms with Crippen LogP contribution in [0.4, 0.5) is 0 Å². The number of aromatic nitrogens is 2. The number of ether oxygens (including phenoxy) is 1. The second-order valence-electron chi connectivity index (χ2n) is 6.41. The van der Waals surface area contributed by atoms with E-state index in [9.17, 15) is 0 Å². The molecule has 2 heterocycles. The maximum absolute atomic E-state index is 6.61. The van der Waals surface area contributed by atoms with E-state index in [-0.39, 0.29) is 18.2 Å². The fraction of sp³-hybridized carbons (Fsp3) is 0.800. The summed E-state index contributed by atoms with van der Waals surface area (Å²) in [7, 11) is 4.13. The molecule has 21 heavy (non-hydrogen) atoms. The van der Waals surface area contributed by atoms with Crippen LogP contribution in [-0.2, 0) is 11.3 Å². The van der Waals surface area contributed by atoms with E-state index < -0.39 is 0 Å². The van der Waals surface area contributed by atoms with Gasteiger partial charge in [0, 0.05) is 12.5 Å². The van der Waals surface area contributed by atoms with Gasteiger partial charge in [0.05, 0.1) is 41.2 Å². The van der Waals surface area contributed by atoms with Gasteiger partial charge in [-0.15, -0.1) is 0 Å². The normalized spacial score (nSPS) is 31.0. The molecule has 1 saturated heterocycles. The molecule has 0 spiro atoms. The number of hydrogen-bond acceptors (Lipinski definition) is 4. The number of nitrogens with zero attached hydrogens (tertiary/aromatic N) is 3. The first-order chi connectivity index (χ1) is 9.82. The van der Waals surface area contributed by atoms with Gasteiger partial charge >= 0.3 is 0 Å². The third-order valence-corrected chi connectivity index (χ3v) is 5.25. The number of nitrogens with two attached hydrogens (primary N) is 1. The van der Waals surface area contributed by atoms with Gasteiger partial charge in [0.15, 0.2) is 0 Å². The Morgan fingerprint density at radius 1 is 1.38 bits per heavy atom. The first kappa shape index (κ1) is 16.9. The molecule has 1 aliphatic heterocycles. The first-order valence-electron chi connectivity index (χ1n) is 7.60. The van der Waals surface area contributed by atoms with Gasteiger partial charge in [0.1, 0.15) is 0 Å². The topological polar surface area (TPSA) is 56.3 Å². The highest BCUT2D eigenvalue weighted by Gasteiger charge is 2.42. The lowest BCUT2D eigenvalue weighted by Crippen LogP contribution is -2.33. The third kappa shape index (κ3) is 3.50. The molecular formula is C15H27BrN4O. The van der Waals surface area contributed by atoms with Gasteiger partial charge in [-0.3, -0.25) is 4.68 Å². The van der Waals surface area contributed by atoms with Crippen LogP contribution in [0.2, 0.25) is 0 Å². The van der Waals surface area contributed by atoms with Crippen molar-refractivity contribution in [2.75, 3.05) is 20.6 Å². The number of halogens is 1. The summed E-state index contributed by atoms with van der Waals surface area (Å²) in [5.41, 5.74) is 7.69. The van der Waals surface area contributed by atoms with Gasteiger partial charge in [-0.05, 0) is 49.8 Å². The Hall–Kier alpha value is -0.430. The average Bonchev–Trinajstić information content (AvgIpc) is 2.88. The minimum Gasteiger partial charge on any atom is -0.375 e. The summed E-state index contributed by atoms with van der Waals surface area (Å²) in [5, 5.41) is 4.47. The van der Waals surface area contributed by atoms with Crippen LogP contribution < -0.4 is 5.73 Å². The smallest absolute Gasteiger partial charge is 0.0698 e. The van der Waals surface area contributed by atoms with Crippen molar-refractivity contribution < 1.29 is 4.74 Å². The lowest BCUT2D eigenvalue weighted by atomic mass is 9.82. The molecule has 1 fully saturated rings. The maximum Gasteiger partial charge on any atom is 0.0698 e. The van der Waals surface area contributed by atoms with Gasteiger partial charge in [-0.2, -0.15) is 5.10 Å². The number of hydrogen-bond donors (Lipinski definition) is 1. The monoisotopic (exact) mass is 358 g/mol. The summed E-state index contributed by atoms with van der Waals surface area (Å²) in [5.74, 6) is 0.755. The van der Waals surface area contributed by atoms with E-state index in [0.717, 1.165) is 23.3 Å². The van der Waals surface area contributed by atoms with Gasteiger partial charge in [-0.25, -0.2) is 0 Å². The molecule has 2 N–H and O–H groups in total. The van der Waals surface area contributed by atoms with E-state index in [1.165, 1.54) is 0 Å². The molecule has 1 aromatic rings. The van der Waals surface area contributed by atoms with Crippen LogP contribution in [0.15, 0.2) is 10.7 Å². The molecule has 5 atom stereocenters. The van der Waals surface area contributed by atoms with Gasteiger partial charge in [0.25, 0.3) is 0 Å². The molecule has 0 aliphatic carbocycles. The van der Waals surface area contributed by atoms with Crippen LogP contribution in [0.25, 0.3) is 0 Å². The average molecular weight is 359 g/mol. The highest BCUT2D eigenvalue weighted by Crippen LogP contribution is 2.40. The van der Waals surface area contributed by atoms with Gasteiger partial charge in [0.2, 0.25) is 0 Å². The molecule has 2 rings (SSSR count). The van der Waals surface area contributed by atoms with Crippen LogP contribution in [0.1, 0.15) is 32.5 Å². The zero-order valence-corrected chi connectivity index (χ0v) is 15.2. The van der Waals surface area contributed by atoms with E-state index in [0.29, 0.717) is 11.8 Å². The van der Waals surface area contributed by atoms with Crippen LogP contribution in [0.3, 0.4) is 0 Å². The fourth-order valence-electron chi connectivity index (χ4n) is 3.27. The van der Waals surface area contributed by atoms with Crippen molar-refractivity contribution in [2.24, 2.45) is 17.6 Å². The Morgan fingerprint density at radius 2 is 2.05 bits per heavy atom. The van der Waals surface area contributed by atoms with Crippen molar-refractivity contribution in [2.45, 2.75) is 45.6 Å². The van der Waals surface area contributed by atoms with E-state index in [4.69, 9.17) is 10.5 Å². The molecule has 120 valence electrons. The number of rotatable bonds is 5. The summed E-state index contributed by atoms with van der Waals surface area (Å²) in [6.07, 6.45) is 2.28. The molecule has 0 radical (unpaired) electrons. The van der Waals surface area contributed by atoms with Crippen molar-refractivity contribution in [3.63, 3.8) is 0 Å². The summed E-state index contributed by atoms with van der Waals surface area (Å²) in [4.78, 5) is 2.15. The Bertz CT molecular complexity index is 476. The van der Waals surface area contributed by atoms with Crippen molar-refractivity contribution in [3.05, 3.63) is 16.4 Å². The van der Waals surface area contributed by atoms with E-state index in [2.05, 4.69) is 60.8 Å². The summed E-state index contributed by atoms with van der Waals surface area (Å²) in [6.45, 7) is 8.27. The Morgan fingerprint density at radius 3 is 2.57 bits per heavy atom. The quantitative estimate of drug-likeness (QED) is 0.876. The van der Waals surface area contributed by atoms with Crippen molar-refractivity contribution in [3.8, 4) is 0 Å². The molecule has 0 amide bonds. The largest absolute Gasteiger partial charge is 0.375 e. The van der Waals surface area contributed by atoms with Crippen LogP contribution in [0.5, 0.6) is 0 Å². The summed E-state index contributed by atoms with van der Waals surface area (Å²) in [6, 6.07) is -0.0704. The minimum absolute atomic E-state index is 0.0704. The second-order valence-corrected chi connectivity index (χ2v) is 7.27. The lowest BCUT2D eigenvalue weighted by Gasteiger charge is -2.27. The van der Waals surface area contributed by atoms with Crippen LogP contribution in [-0.4, -0.2) is 47.5 Å². The molecule has 0 bridgehead atoms. The van der Waals surface area contributed by atoms with Gasteiger partial charge < -0.3 is 15.4 Å². The molecule has 0 saturated carbocycles. The molecular weight excluding hydrogens is 332 g/mol. The predicted molar refractivity (Wildman–Crippen MR) is 88.1 cm³/mol. The van der Waals surface area contributed by atoms with E-state index >= 15 is 0 Å². The Balaban J connectivity index is 2.22. The summed E-state index contributed by atoms with van der Waals surface area (Å²) >= 11 is 3.61. The zero-order valence-electron chi connectivity index (χ0n) is 13.6. The molecule has 6 heteroatoms. The Labute approximate surface area is 135 Å². The minimum atomic E-state index is -0.0704. The SMILES string of the molecule is CC1OC(C)C(C(N)c2c(Br)cnn2CCN(C)C)C1C. The van der Waals surface area contributed by atoms with Crippen LogP contribution >= 0.6 is 15.9 Å². The highest BCUT2D eigenvalue weighted by molar-refractivity contribution is 9.10. The maximum atomic E-state index is 6.61. The molecule has 1 aliphatic rings. The third-order valence-electron chi connectivity index (χ3n) is 4.64. The molecule has 5 unspecified atom stereocenters. The number of likely N-dealkylation sites (N-methyl/N-ethyl adjacent to an activating group) is 1. The molecule has 5 nitrogen and oxygen atoms in total. The standard InChI is InChI=1S/C15H27BrN4O/c1-9-10(2)21-11(3)13(9)14(17)15-12(16)8-18-20(15)7-6-19(4)5/h8-11,13-14H,6-7,17H2,1-5H3. The Kier molecular flexibility index (Phi) is 5.46. The van der Waals surface area contributed by atoms with E-state index in [1.54, 1.807) is 0 Å². The lowest BCUT2D eigenvalue weighted by molar-refractivity contribution is 0.0486. The second kappa shape index (κ2) is 6.77.